The average molecular weight is 362 g/mol. The summed E-state index contributed by atoms with van der Waals surface area (Å²) >= 11 is 0. The van der Waals surface area contributed by atoms with Crippen LogP contribution < -0.4 is 15.0 Å². The number of halogens is 2. The SMILES string of the molecule is CCOc1ccc(N(CCC(=O)Nc2ccc(F)c(F)c2)C(C)=O)cc1. The van der Waals surface area contributed by atoms with Crippen molar-refractivity contribution in [3.8, 4) is 5.75 Å². The van der Waals surface area contributed by atoms with Gasteiger partial charge >= 0.3 is 0 Å². The van der Waals surface area contributed by atoms with E-state index in [4.69, 9.17) is 4.74 Å². The number of nitrogens with one attached hydrogen (secondary N) is 1. The number of ether oxygens (including phenoxy) is 1. The highest BCUT2D eigenvalue weighted by Crippen LogP contribution is 2.20. The van der Waals surface area contributed by atoms with Crippen LogP contribution in [0.3, 0.4) is 0 Å². The zero-order valence-corrected chi connectivity index (χ0v) is 14.6. The number of hydrogen-bond acceptors (Lipinski definition) is 3. The number of anilines is 2. The standard InChI is InChI=1S/C19H20F2N2O3/c1-3-26-16-7-5-15(6-8-16)23(13(2)24)11-10-19(25)22-14-4-9-17(20)18(21)12-14/h4-9,12H,3,10-11H2,1-2H3,(H,22,25). The van der Waals surface area contributed by atoms with Crippen LogP contribution in [-0.4, -0.2) is 25.0 Å². The number of rotatable bonds is 7. The van der Waals surface area contributed by atoms with Gasteiger partial charge in [-0.25, -0.2) is 8.78 Å². The molecule has 2 amide bonds. The molecule has 0 aliphatic carbocycles. The third kappa shape index (κ3) is 5.27. The summed E-state index contributed by atoms with van der Waals surface area (Å²) in [5.74, 6) is -1.96. The highest BCUT2D eigenvalue weighted by atomic mass is 19.2. The normalized spacial score (nSPS) is 10.3. The fourth-order valence-electron chi connectivity index (χ4n) is 2.37. The lowest BCUT2D eigenvalue weighted by molar-refractivity contribution is -0.117. The summed E-state index contributed by atoms with van der Waals surface area (Å²) < 4.78 is 31.4. The fraction of sp³-hybridized carbons (Fsp3) is 0.263. The Balaban J connectivity index is 1.98. The van der Waals surface area contributed by atoms with Gasteiger partial charge in [-0.2, -0.15) is 0 Å². The minimum atomic E-state index is -1.04. The van der Waals surface area contributed by atoms with E-state index in [9.17, 15) is 18.4 Å². The number of carbonyl (C=O) groups excluding carboxylic acids is 2. The minimum Gasteiger partial charge on any atom is -0.494 e. The lowest BCUT2D eigenvalue weighted by Crippen LogP contribution is -2.31. The maximum Gasteiger partial charge on any atom is 0.226 e. The van der Waals surface area contributed by atoms with E-state index in [1.54, 1.807) is 24.3 Å². The van der Waals surface area contributed by atoms with Crippen molar-refractivity contribution in [2.24, 2.45) is 0 Å². The predicted molar refractivity (Wildman–Crippen MR) is 95.2 cm³/mol. The van der Waals surface area contributed by atoms with Crippen molar-refractivity contribution < 1.29 is 23.1 Å². The molecule has 0 saturated carbocycles. The number of carbonyl (C=O) groups is 2. The minimum absolute atomic E-state index is 0.00574. The van der Waals surface area contributed by atoms with Crippen molar-refractivity contribution >= 4 is 23.2 Å². The fourth-order valence-corrected chi connectivity index (χ4v) is 2.37. The Bertz CT molecular complexity index is 779. The summed E-state index contributed by atoms with van der Waals surface area (Å²) in [5, 5.41) is 2.48. The molecule has 5 nitrogen and oxygen atoms in total. The van der Waals surface area contributed by atoms with Gasteiger partial charge in [-0.3, -0.25) is 9.59 Å². The summed E-state index contributed by atoms with van der Waals surface area (Å²) in [6, 6.07) is 10.1. The van der Waals surface area contributed by atoms with E-state index in [2.05, 4.69) is 5.32 Å². The van der Waals surface area contributed by atoms with E-state index >= 15 is 0 Å². The molecule has 0 aliphatic rings. The van der Waals surface area contributed by atoms with Gasteiger partial charge in [0.2, 0.25) is 11.8 Å². The maximum absolute atomic E-state index is 13.2. The zero-order chi connectivity index (χ0) is 19.1. The summed E-state index contributed by atoms with van der Waals surface area (Å²) in [6.07, 6.45) is 0.00574. The Morgan fingerprint density at radius 2 is 1.77 bits per heavy atom. The highest BCUT2D eigenvalue weighted by molar-refractivity contribution is 5.94. The van der Waals surface area contributed by atoms with Crippen LogP contribution in [0.2, 0.25) is 0 Å². The predicted octanol–water partition coefficient (Wildman–Crippen LogP) is 3.75. The van der Waals surface area contributed by atoms with Crippen molar-refractivity contribution in [2.45, 2.75) is 20.3 Å². The quantitative estimate of drug-likeness (QED) is 0.816. The lowest BCUT2D eigenvalue weighted by Gasteiger charge is -2.21. The second kappa shape index (κ2) is 8.94. The topological polar surface area (TPSA) is 58.6 Å². The Kier molecular flexibility index (Phi) is 6.66. The van der Waals surface area contributed by atoms with E-state index in [-0.39, 0.29) is 24.6 Å². The molecule has 0 aliphatic heterocycles. The van der Waals surface area contributed by atoms with E-state index in [0.29, 0.717) is 18.0 Å². The van der Waals surface area contributed by atoms with Crippen LogP contribution in [0.15, 0.2) is 42.5 Å². The molecule has 7 heteroatoms. The Labute approximate surface area is 150 Å². The van der Waals surface area contributed by atoms with Gasteiger partial charge in [0.15, 0.2) is 11.6 Å². The zero-order valence-electron chi connectivity index (χ0n) is 14.6. The van der Waals surface area contributed by atoms with Crippen LogP contribution in [0.1, 0.15) is 20.3 Å². The Hall–Kier alpha value is -2.96. The largest absolute Gasteiger partial charge is 0.494 e. The van der Waals surface area contributed by atoms with Crippen LogP contribution in [0, 0.1) is 11.6 Å². The van der Waals surface area contributed by atoms with Gasteiger partial charge in [0.05, 0.1) is 6.61 Å². The van der Waals surface area contributed by atoms with Gasteiger partial charge < -0.3 is 15.0 Å². The Morgan fingerprint density at radius 1 is 1.08 bits per heavy atom. The number of amides is 2. The first-order valence-corrected chi connectivity index (χ1v) is 8.16. The molecule has 26 heavy (non-hydrogen) atoms. The number of benzene rings is 2. The van der Waals surface area contributed by atoms with Gasteiger partial charge in [0.25, 0.3) is 0 Å². The van der Waals surface area contributed by atoms with Crippen LogP contribution in [-0.2, 0) is 9.59 Å². The molecule has 1 N–H and O–H groups in total. The van der Waals surface area contributed by atoms with E-state index in [0.717, 1.165) is 12.1 Å². The molecular weight excluding hydrogens is 342 g/mol. The highest BCUT2D eigenvalue weighted by Gasteiger charge is 2.14. The molecule has 2 rings (SSSR count). The van der Waals surface area contributed by atoms with Gasteiger partial charge in [-0.15, -0.1) is 0 Å². The molecule has 0 heterocycles. The van der Waals surface area contributed by atoms with Crippen molar-refractivity contribution in [3.63, 3.8) is 0 Å². The van der Waals surface area contributed by atoms with Crippen molar-refractivity contribution in [1.82, 2.24) is 0 Å². The molecule has 0 radical (unpaired) electrons. The first kappa shape index (κ1) is 19.4. The monoisotopic (exact) mass is 362 g/mol. The van der Waals surface area contributed by atoms with Crippen molar-refractivity contribution in [1.29, 1.82) is 0 Å². The van der Waals surface area contributed by atoms with Gasteiger partial charge in [0.1, 0.15) is 5.75 Å². The first-order valence-electron chi connectivity index (χ1n) is 8.16. The molecular formula is C19H20F2N2O3. The number of nitrogens with zero attached hydrogens (tertiary/aromatic N) is 1. The third-order valence-electron chi connectivity index (χ3n) is 3.61. The van der Waals surface area contributed by atoms with Gasteiger partial charge in [-0.1, -0.05) is 0 Å². The molecule has 0 fully saturated rings. The molecule has 138 valence electrons. The summed E-state index contributed by atoms with van der Waals surface area (Å²) in [6.45, 7) is 3.98. The molecule has 0 atom stereocenters. The van der Waals surface area contributed by atoms with Crippen LogP contribution in [0.25, 0.3) is 0 Å². The average Bonchev–Trinajstić information content (AvgIpc) is 2.60. The molecule has 0 bridgehead atoms. The molecule has 0 saturated heterocycles. The first-order chi connectivity index (χ1) is 12.4. The smallest absolute Gasteiger partial charge is 0.226 e. The van der Waals surface area contributed by atoms with Crippen LogP contribution >= 0.6 is 0 Å². The Morgan fingerprint density at radius 3 is 2.35 bits per heavy atom. The van der Waals surface area contributed by atoms with Gasteiger partial charge in [-0.05, 0) is 43.3 Å². The second-order valence-electron chi connectivity index (χ2n) is 5.52. The summed E-state index contributed by atoms with van der Waals surface area (Å²) in [5.41, 5.74) is 0.797. The third-order valence-corrected chi connectivity index (χ3v) is 3.61. The van der Waals surface area contributed by atoms with Gasteiger partial charge in [0, 0.05) is 37.3 Å². The van der Waals surface area contributed by atoms with Crippen LogP contribution in [0.4, 0.5) is 20.2 Å². The summed E-state index contributed by atoms with van der Waals surface area (Å²) in [7, 11) is 0. The second-order valence-corrected chi connectivity index (χ2v) is 5.52. The molecule has 2 aromatic carbocycles. The molecule has 0 unspecified atom stereocenters. The molecule has 0 spiro atoms. The van der Waals surface area contributed by atoms with Crippen LogP contribution in [0.5, 0.6) is 5.75 Å². The van der Waals surface area contributed by atoms with Crippen molar-refractivity contribution in [2.75, 3.05) is 23.4 Å². The van der Waals surface area contributed by atoms with E-state index in [1.165, 1.54) is 17.9 Å². The maximum atomic E-state index is 13.2. The summed E-state index contributed by atoms with van der Waals surface area (Å²) in [4.78, 5) is 25.4. The lowest BCUT2D eigenvalue weighted by atomic mass is 10.2. The van der Waals surface area contributed by atoms with E-state index < -0.39 is 17.5 Å². The van der Waals surface area contributed by atoms with Crippen molar-refractivity contribution in [3.05, 3.63) is 54.1 Å². The molecule has 0 aromatic heterocycles. The van der Waals surface area contributed by atoms with E-state index in [1.807, 2.05) is 6.92 Å². The number of hydrogen-bond donors (Lipinski definition) is 1. The molecule has 2 aromatic rings.